The van der Waals surface area contributed by atoms with E-state index in [1.54, 1.807) is 6.08 Å². The highest BCUT2D eigenvalue weighted by atomic mass is 31.2. The van der Waals surface area contributed by atoms with Crippen molar-refractivity contribution in [2.75, 3.05) is 19.8 Å². The van der Waals surface area contributed by atoms with Crippen molar-refractivity contribution in [2.24, 2.45) is 0 Å². The maximum absolute atomic E-state index is 12.8. The molecule has 0 amide bonds. The highest BCUT2D eigenvalue weighted by Crippen LogP contribution is 2.47. The number of allylic oxidation sites excluding steroid dienone is 21. The van der Waals surface area contributed by atoms with Crippen LogP contribution in [-0.4, -0.2) is 98.9 Å². The van der Waals surface area contributed by atoms with E-state index in [2.05, 4.69) is 123 Å². The topological polar surface area (TPSA) is 192 Å². The summed E-state index contributed by atoms with van der Waals surface area (Å²) in [5.41, 5.74) is 0. The van der Waals surface area contributed by atoms with Gasteiger partial charge in [0, 0.05) is 6.61 Å². The molecule has 0 aliphatic heterocycles. The van der Waals surface area contributed by atoms with Gasteiger partial charge in [-0.05, 0) is 83.5 Å². The lowest BCUT2D eigenvalue weighted by Crippen LogP contribution is -2.64. The predicted octanol–water partition coefficient (Wildman–Crippen LogP) is 8.85. The Balaban J connectivity index is 2.54. The average Bonchev–Trinajstić information content (AvgIpc) is 3.26. The molecule has 0 radical (unpaired) electrons. The predicted molar refractivity (Wildman–Crippen MR) is 248 cm³/mol. The molecule has 1 fully saturated rings. The number of aliphatic hydroxyl groups excluding tert-OH is 5. The van der Waals surface area contributed by atoms with E-state index >= 15 is 0 Å². The summed E-state index contributed by atoms with van der Waals surface area (Å²) in [6.07, 6.45) is 44.2. The fourth-order valence-electron chi connectivity index (χ4n) is 5.62. The zero-order chi connectivity index (χ0) is 45.5. The van der Waals surface area contributed by atoms with Gasteiger partial charge in [0.1, 0.15) is 42.7 Å². The number of phosphoric acid groups is 1. The molecule has 12 nitrogen and oxygen atoms in total. The Bertz CT molecular complexity index is 1520. The molecule has 13 heteroatoms. The third-order valence-electron chi connectivity index (χ3n) is 9.05. The molecule has 0 saturated heterocycles. The van der Waals surface area contributed by atoms with Crippen LogP contribution in [0.1, 0.15) is 104 Å². The van der Waals surface area contributed by atoms with Crippen molar-refractivity contribution in [3.63, 3.8) is 0 Å². The average molecular weight is 887 g/mol. The SMILES string of the molecule is CC/C=C\C/C=C\C/C=C\C/C=C\C/C=C\C/C=C\CCCOCC(COP(=O)(O)OC1C(O)C(O)C(O)C(O)C1O)OC(=O)C/C=C\C/C=C\C/C=C\C/C=C\C/C=C\CC. The molecule has 1 aliphatic rings. The molecule has 348 valence electrons. The fraction of sp³-hybridized carbons (Fsp3) is 0.531. The minimum Gasteiger partial charge on any atom is -0.457 e. The van der Waals surface area contributed by atoms with Crippen LogP contribution < -0.4 is 0 Å². The van der Waals surface area contributed by atoms with E-state index in [4.69, 9.17) is 18.5 Å². The first-order chi connectivity index (χ1) is 30.0. The lowest BCUT2D eigenvalue weighted by Gasteiger charge is -2.41. The molecule has 0 heterocycles. The second kappa shape index (κ2) is 38.0. The Kier molecular flexibility index (Phi) is 34.6. The first kappa shape index (κ1) is 56.5. The molecule has 62 heavy (non-hydrogen) atoms. The van der Waals surface area contributed by atoms with Crippen LogP contribution in [-0.2, 0) is 27.9 Å². The van der Waals surface area contributed by atoms with E-state index in [0.29, 0.717) is 19.4 Å². The van der Waals surface area contributed by atoms with Gasteiger partial charge < -0.3 is 39.9 Å². The first-order valence-electron chi connectivity index (χ1n) is 22.0. The van der Waals surface area contributed by atoms with Gasteiger partial charge in [0.2, 0.25) is 0 Å². The molecule has 6 unspecified atom stereocenters. The van der Waals surface area contributed by atoms with Gasteiger partial charge in [0.15, 0.2) is 0 Å². The Morgan fingerprint density at radius 3 is 1.27 bits per heavy atom. The normalized spacial score (nSPS) is 23.3. The minimum atomic E-state index is -5.07. The molecule has 1 rings (SSSR count). The van der Waals surface area contributed by atoms with E-state index in [-0.39, 0.29) is 13.0 Å². The van der Waals surface area contributed by atoms with Gasteiger partial charge in [-0.25, -0.2) is 4.57 Å². The van der Waals surface area contributed by atoms with Crippen LogP contribution in [0.25, 0.3) is 0 Å². The second-order valence-electron chi connectivity index (χ2n) is 14.4. The van der Waals surface area contributed by atoms with Gasteiger partial charge in [-0.15, -0.1) is 0 Å². The van der Waals surface area contributed by atoms with Crippen molar-refractivity contribution >= 4 is 13.8 Å². The zero-order valence-corrected chi connectivity index (χ0v) is 37.7. The van der Waals surface area contributed by atoms with Gasteiger partial charge >= 0.3 is 13.8 Å². The summed E-state index contributed by atoms with van der Waals surface area (Å²) in [7, 11) is -5.07. The largest absolute Gasteiger partial charge is 0.472 e. The Labute approximate surface area is 371 Å². The molecule has 0 spiro atoms. The maximum Gasteiger partial charge on any atom is 0.472 e. The van der Waals surface area contributed by atoms with Crippen molar-refractivity contribution in [1.82, 2.24) is 0 Å². The Morgan fingerprint density at radius 2 is 0.871 bits per heavy atom. The van der Waals surface area contributed by atoms with Crippen molar-refractivity contribution in [3.8, 4) is 0 Å². The van der Waals surface area contributed by atoms with Crippen LogP contribution in [0.4, 0.5) is 0 Å². The number of hydrogen-bond donors (Lipinski definition) is 6. The lowest BCUT2D eigenvalue weighted by atomic mass is 9.85. The zero-order valence-electron chi connectivity index (χ0n) is 36.8. The second-order valence-corrected chi connectivity index (χ2v) is 15.8. The molecule has 1 aliphatic carbocycles. The third kappa shape index (κ3) is 29.7. The summed E-state index contributed by atoms with van der Waals surface area (Å²) in [4.78, 5) is 23.0. The van der Waals surface area contributed by atoms with Gasteiger partial charge in [0.05, 0.1) is 19.6 Å². The van der Waals surface area contributed by atoms with E-state index in [0.717, 1.165) is 70.6 Å². The Hall–Kier alpha value is -3.52. The quantitative estimate of drug-likeness (QED) is 0.0156. The molecule has 0 bridgehead atoms. The summed E-state index contributed by atoms with van der Waals surface area (Å²) in [6.45, 7) is 3.73. The van der Waals surface area contributed by atoms with Gasteiger partial charge in [0.25, 0.3) is 0 Å². The summed E-state index contributed by atoms with van der Waals surface area (Å²) >= 11 is 0. The number of aliphatic hydroxyl groups is 5. The van der Waals surface area contributed by atoms with Crippen LogP contribution >= 0.6 is 7.82 Å². The number of carbonyl (C=O) groups is 1. The summed E-state index contributed by atoms with van der Waals surface area (Å²) in [5, 5.41) is 50.1. The molecule has 0 aromatic carbocycles. The number of carbonyl (C=O) groups excluding carboxylic acids is 1. The van der Waals surface area contributed by atoms with E-state index in [1.165, 1.54) is 0 Å². The number of rotatable bonds is 34. The molecule has 0 aromatic heterocycles. The maximum atomic E-state index is 12.8. The highest BCUT2D eigenvalue weighted by molar-refractivity contribution is 7.47. The first-order valence-corrected chi connectivity index (χ1v) is 23.5. The molecular formula is C49H75O12P. The summed E-state index contributed by atoms with van der Waals surface area (Å²) in [6, 6.07) is 0. The van der Waals surface area contributed by atoms with Crippen LogP contribution in [0.5, 0.6) is 0 Å². The summed E-state index contributed by atoms with van der Waals surface area (Å²) < 4.78 is 33.9. The monoisotopic (exact) mass is 886 g/mol. The standard InChI is InChI=1S/C49H75O12P/c1-3-5-7-9-11-13-15-17-19-20-21-22-23-25-27-29-31-33-35-37-39-58-40-42(41-59-62(56,57)61-49-47(54)45(52)44(51)46(53)48(49)55)60-43(50)38-36-34-32-30-28-26-24-18-16-14-12-10-8-6-4-2/h5-8,11-14,17-19,21-22,24-25,27-28,30-31,33-34,36,42,44-49,51-55H,3-4,9-10,15-16,20,23,26,29,32,35,37-41H2,1-2H3,(H,56,57)/b7-5-,8-6-,13-11-,14-12-,19-17-,22-21-,24-18-,27-25-,30-28-,33-31-,36-34-. The van der Waals surface area contributed by atoms with Gasteiger partial charge in [-0.3, -0.25) is 13.8 Å². The molecule has 0 aromatic rings. The number of hydrogen-bond acceptors (Lipinski definition) is 11. The van der Waals surface area contributed by atoms with Crippen molar-refractivity contribution in [3.05, 3.63) is 134 Å². The van der Waals surface area contributed by atoms with Crippen molar-refractivity contribution in [2.45, 2.75) is 146 Å². The van der Waals surface area contributed by atoms with Crippen molar-refractivity contribution < 1.29 is 58.3 Å². The van der Waals surface area contributed by atoms with Crippen molar-refractivity contribution in [1.29, 1.82) is 0 Å². The van der Waals surface area contributed by atoms with E-state index < -0.39 is 63.1 Å². The van der Waals surface area contributed by atoms with Crippen LogP contribution in [0.2, 0.25) is 0 Å². The Morgan fingerprint density at radius 1 is 0.516 bits per heavy atom. The minimum absolute atomic E-state index is 0.0709. The highest BCUT2D eigenvalue weighted by Gasteiger charge is 2.51. The van der Waals surface area contributed by atoms with Crippen LogP contribution in [0.3, 0.4) is 0 Å². The number of esters is 1. The fourth-order valence-corrected chi connectivity index (χ4v) is 6.59. The van der Waals surface area contributed by atoms with Gasteiger partial charge in [-0.2, -0.15) is 0 Å². The van der Waals surface area contributed by atoms with E-state index in [9.17, 15) is 39.8 Å². The number of unbranched alkanes of at least 4 members (excludes halogenated alkanes) is 1. The molecule has 1 saturated carbocycles. The summed E-state index contributed by atoms with van der Waals surface area (Å²) in [5.74, 6) is -0.631. The van der Waals surface area contributed by atoms with Crippen LogP contribution in [0, 0.1) is 0 Å². The molecule has 6 N–H and O–H groups in total. The lowest BCUT2D eigenvalue weighted by molar-refractivity contribution is -0.220. The van der Waals surface area contributed by atoms with Crippen LogP contribution in [0.15, 0.2) is 134 Å². The smallest absolute Gasteiger partial charge is 0.457 e. The van der Waals surface area contributed by atoms with Gasteiger partial charge in [-0.1, -0.05) is 148 Å². The van der Waals surface area contributed by atoms with E-state index in [1.807, 2.05) is 18.2 Å². The molecular weight excluding hydrogens is 812 g/mol. The number of ether oxygens (including phenoxy) is 2. The third-order valence-corrected chi connectivity index (χ3v) is 10.0. The molecule has 6 atom stereocenters. The number of phosphoric ester groups is 1.